The predicted octanol–water partition coefficient (Wildman–Crippen LogP) is 6.92. The van der Waals surface area contributed by atoms with E-state index in [1.165, 1.54) is 30.2 Å². The van der Waals surface area contributed by atoms with Gasteiger partial charge in [0.25, 0.3) is 5.91 Å². The molecule has 1 amide bonds. The van der Waals surface area contributed by atoms with Gasteiger partial charge in [-0.3, -0.25) is 4.79 Å². The van der Waals surface area contributed by atoms with Crippen LogP contribution in [0.3, 0.4) is 0 Å². The molecule has 2 aliphatic rings. The number of methoxy groups -OCH3 is 1. The molecule has 0 radical (unpaired) electrons. The van der Waals surface area contributed by atoms with Crippen molar-refractivity contribution in [3.8, 4) is 22.6 Å². The molecule has 41 heavy (non-hydrogen) atoms. The molecule has 1 unspecified atom stereocenters. The van der Waals surface area contributed by atoms with E-state index in [0.717, 1.165) is 12.1 Å². The minimum atomic E-state index is -0.812. The number of nitrogens with one attached hydrogen (secondary N) is 1. The SMILES string of the molecule is COc1cc(OC(=O)c2sccc2Cl)ccc1-c1ccc2c(c1COC(=O)C1=CCC(C)S1)N(C)C(=O)C(C)(C)N2. The Kier molecular flexibility index (Phi) is 8.09. The summed E-state index contributed by atoms with van der Waals surface area (Å²) < 4.78 is 17.1. The quantitative estimate of drug-likeness (QED) is 0.227. The number of thioether (sulfide) groups is 1. The Hall–Kier alpha value is -3.47. The van der Waals surface area contributed by atoms with E-state index in [2.05, 4.69) is 12.2 Å². The van der Waals surface area contributed by atoms with Gasteiger partial charge in [-0.15, -0.1) is 23.1 Å². The molecule has 5 rings (SSSR count). The number of fused-ring (bicyclic) bond motifs is 1. The van der Waals surface area contributed by atoms with E-state index in [4.69, 9.17) is 25.8 Å². The standard InChI is InChI=1S/C30H29ClN2O6S2/c1-16-6-11-24(41-16)27(34)38-15-20-18(9-10-22-25(20)33(4)29(36)30(2,3)32-22)19-8-7-17(14-23(19)37-5)39-28(35)26-21(31)12-13-40-26/h7-14,16,32H,6,15H2,1-5H3. The van der Waals surface area contributed by atoms with E-state index >= 15 is 0 Å². The Balaban J connectivity index is 1.54. The molecule has 3 aromatic rings. The van der Waals surface area contributed by atoms with E-state index < -0.39 is 17.5 Å². The molecule has 1 N–H and O–H groups in total. The number of benzene rings is 2. The lowest BCUT2D eigenvalue weighted by molar-refractivity contribution is -0.139. The van der Waals surface area contributed by atoms with Gasteiger partial charge in [0.2, 0.25) is 0 Å². The number of halogens is 1. The molecule has 3 heterocycles. The molecule has 0 spiro atoms. The fraction of sp³-hybridized carbons (Fsp3) is 0.300. The van der Waals surface area contributed by atoms with Crippen LogP contribution in [0, 0.1) is 0 Å². The van der Waals surface area contributed by atoms with Gasteiger partial charge in [-0.1, -0.05) is 30.7 Å². The second kappa shape index (κ2) is 11.4. The van der Waals surface area contributed by atoms with Crippen LogP contribution >= 0.6 is 34.7 Å². The highest BCUT2D eigenvalue weighted by atomic mass is 35.5. The second-order valence-corrected chi connectivity index (χ2v) is 13.1. The zero-order valence-electron chi connectivity index (χ0n) is 23.2. The van der Waals surface area contributed by atoms with Crippen LogP contribution < -0.4 is 19.7 Å². The lowest BCUT2D eigenvalue weighted by Gasteiger charge is -2.39. The summed E-state index contributed by atoms with van der Waals surface area (Å²) >= 11 is 8.78. The first-order valence-electron chi connectivity index (χ1n) is 12.9. The van der Waals surface area contributed by atoms with Crippen molar-refractivity contribution >= 4 is 63.9 Å². The highest BCUT2D eigenvalue weighted by Gasteiger charge is 2.39. The van der Waals surface area contributed by atoms with Gasteiger partial charge < -0.3 is 24.4 Å². The topological polar surface area (TPSA) is 94.2 Å². The first kappa shape index (κ1) is 29.0. The Labute approximate surface area is 251 Å². The number of nitrogens with zero attached hydrogens (tertiary/aromatic N) is 1. The number of likely N-dealkylation sites (N-methyl/N-ethyl adjacent to an activating group) is 1. The lowest BCUT2D eigenvalue weighted by Crippen LogP contribution is -2.52. The molecule has 214 valence electrons. The van der Waals surface area contributed by atoms with Gasteiger partial charge in [-0.05, 0) is 55.5 Å². The number of hydrogen-bond donors (Lipinski definition) is 1. The third kappa shape index (κ3) is 5.68. The Morgan fingerprint density at radius 3 is 2.56 bits per heavy atom. The number of allylic oxidation sites excluding steroid dienone is 1. The number of ether oxygens (including phenoxy) is 3. The molecule has 0 saturated carbocycles. The number of carbonyl (C=O) groups is 3. The summed E-state index contributed by atoms with van der Waals surface area (Å²) in [4.78, 5) is 41.3. The van der Waals surface area contributed by atoms with Crippen molar-refractivity contribution in [2.24, 2.45) is 0 Å². The summed E-state index contributed by atoms with van der Waals surface area (Å²) in [6, 6.07) is 10.5. The van der Waals surface area contributed by atoms with Gasteiger partial charge in [0, 0.05) is 29.5 Å². The van der Waals surface area contributed by atoms with Gasteiger partial charge >= 0.3 is 11.9 Å². The molecule has 2 aliphatic heterocycles. The average Bonchev–Trinajstić information content (AvgIpc) is 3.58. The van der Waals surface area contributed by atoms with Crippen molar-refractivity contribution in [3.63, 3.8) is 0 Å². The normalized spacial score (nSPS) is 17.4. The highest BCUT2D eigenvalue weighted by molar-refractivity contribution is 8.04. The van der Waals surface area contributed by atoms with E-state index in [1.54, 1.807) is 41.6 Å². The third-order valence-electron chi connectivity index (χ3n) is 6.89. The summed E-state index contributed by atoms with van der Waals surface area (Å²) in [6.07, 6.45) is 2.70. The Bertz CT molecular complexity index is 1580. The van der Waals surface area contributed by atoms with Crippen LogP contribution in [-0.2, 0) is 20.9 Å². The molecule has 11 heteroatoms. The number of hydrogen-bond acceptors (Lipinski definition) is 9. The summed E-state index contributed by atoms with van der Waals surface area (Å²) in [6.45, 7) is 5.63. The molecule has 1 atom stereocenters. The van der Waals surface area contributed by atoms with Gasteiger partial charge in [0.15, 0.2) is 0 Å². The van der Waals surface area contributed by atoms with Crippen molar-refractivity contribution in [2.45, 2.75) is 44.6 Å². The molecule has 2 aromatic carbocycles. The first-order valence-corrected chi connectivity index (χ1v) is 15.0. The molecule has 1 aromatic heterocycles. The van der Waals surface area contributed by atoms with E-state index in [0.29, 0.717) is 48.2 Å². The van der Waals surface area contributed by atoms with Gasteiger partial charge in [0.05, 0.1) is 28.4 Å². The summed E-state index contributed by atoms with van der Waals surface area (Å²) in [5.41, 5.74) is 2.56. The summed E-state index contributed by atoms with van der Waals surface area (Å²) in [7, 11) is 3.23. The predicted molar refractivity (Wildman–Crippen MR) is 163 cm³/mol. The minimum Gasteiger partial charge on any atom is -0.496 e. The number of esters is 2. The fourth-order valence-corrected chi connectivity index (χ4v) is 6.89. The second-order valence-electron chi connectivity index (χ2n) is 10.3. The lowest BCUT2D eigenvalue weighted by atomic mass is 9.91. The number of amides is 1. The van der Waals surface area contributed by atoms with Crippen LogP contribution in [0.15, 0.2) is 52.8 Å². The van der Waals surface area contributed by atoms with Crippen LogP contribution in [-0.4, -0.2) is 42.8 Å². The fourth-order valence-electron chi connectivity index (χ4n) is 4.91. The zero-order chi connectivity index (χ0) is 29.5. The van der Waals surface area contributed by atoms with Crippen molar-refractivity contribution < 1.29 is 28.6 Å². The monoisotopic (exact) mass is 612 g/mol. The van der Waals surface area contributed by atoms with Crippen LogP contribution in [0.2, 0.25) is 5.02 Å². The summed E-state index contributed by atoms with van der Waals surface area (Å²) in [5.74, 6) is -0.382. The maximum absolute atomic E-state index is 13.2. The van der Waals surface area contributed by atoms with E-state index in [9.17, 15) is 14.4 Å². The van der Waals surface area contributed by atoms with Crippen LogP contribution in [0.1, 0.15) is 42.4 Å². The van der Waals surface area contributed by atoms with Crippen molar-refractivity contribution in [1.82, 2.24) is 0 Å². The smallest absolute Gasteiger partial charge is 0.355 e. The molecular weight excluding hydrogens is 584 g/mol. The number of carbonyl (C=O) groups excluding carboxylic acids is 3. The molecule has 0 fully saturated rings. The maximum Gasteiger partial charge on any atom is 0.355 e. The number of rotatable bonds is 7. The number of anilines is 2. The third-order valence-corrected chi connectivity index (χ3v) is 9.40. The number of thiophene rings is 1. The molecule has 0 saturated heterocycles. The minimum absolute atomic E-state index is 0.0693. The molecular formula is C30H29ClN2O6S2. The van der Waals surface area contributed by atoms with E-state index in [-0.39, 0.29) is 18.3 Å². The van der Waals surface area contributed by atoms with Gasteiger partial charge in [0.1, 0.15) is 28.5 Å². The zero-order valence-corrected chi connectivity index (χ0v) is 25.6. The maximum atomic E-state index is 13.2. The molecule has 0 bridgehead atoms. The Morgan fingerprint density at radius 2 is 1.90 bits per heavy atom. The first-order chi connectivity index (χ1) is 19.5. The van der Waals surface area contributed by atoms with Crippen LogP contribution in [0.4, 0.5) is 11.4 Å². The van der Waals surface area contributed by atoms with Crippen molar-refractivity contribution in [2.75, 3.05) is 24.4 Å². The average molecular weight is 613 g/mol. The largest absolute Gasteiger partial charge is 0.496 e. The summed E-state index contributed by atoms with van der Waals surface area (Å²) in [5, 5.41) is 5.68. The van der Waals surface area contributed by atoms with Crippen molar-refractivity contribution in [3.05, 3.63) is 68.2 Å². The van der Waals surface area contributed by atoms with Crippen molar-refractivity contribution in [1.29, 1.82) is 0 Å². The Morgan fingerprint density at radius 1 is 1.15 bits per heavy atom. The van der Waals surface area contributed by atoms with E-state index in [1.807, 2.05) is 32.1 Å². The molecule has 0 aliphatic carbocycles. The molecule has 8 nitrogen and oxygen atoms in total. The van der Waals surface area contributed by atoms with Gasteiger partial charge in [-0.25, -0.2) is 9.59 Å². The van der Waals surface area contributed by atoms with Crippen LogP contribution in [0.5, 0.6) is 11.5 Å². The highest BCUT2D eigenvalue weighted by Crippen LogP contribution is 2.45. The van der Waals surface area contributed by atoms with Gasteiger partial charge in [-0.2, -0.15) is 0 Å². The van der Waals surface area contributed by atoms with Crippen LogP contribution in [0.25, 0.3) is 11.1 Å².